The van der Waals surface area contributed by atoms with Crippen LogP contribution >= 0.6 is 0 Å². The third-order valence-corrected chi connectivity index (χ3v) is 5.40. The minimum atomic E-state index is 0.124. The van der Waals surface area contributed by atoms with Crippen LogP contribution in [0.4, 0.5) is 0 Å². The van der Waals surface area contributed by atoms with E-state index in [1.54, 1.807) is 0 Å². The van der Waals surface area contributed by atoms with Crippen molar-refractivity contribution in [3.63, 3.8) is 0 Å². The molecule has 3 unspecified atom stereocenters. The van der Waals surface area contributed by atoms with Gasteiger partial charge in [-0.3, -0.25) is 0 Å². The SMILES string of the molecule is CCC1(CC)C2CCC(C2)C1(C)N. The molecule has 2 fully saturated rings. The summed E-state index contributed by atoms with van der Waals surface area (Å²) in [5.41, 5.74) is 7.16. The van der Waals surface area contributed by atoms with E-state index in [1.165, 1.54) is 32.1 Å². The van der Waals surface area contributed by atoms with Gasteiger partial charge in [0.05, 0.1) is 0 Å². The maximum absolute atomic E-state index is 6.56. The van der Waals surface area contributed by atoms with Crippen molar-refractivity contribution in [2.75, 3.05) is 0 Å². The lowest BCUT2D eigenvalue weighted by atomic mass is 9.59. The fourth-order valence-electron chi connectivity index (χ4n) is 4.46. The van der Waals surface area contributed by atoms with Crippen LogP contribution in [0.5, 0.6) is 0 Å². The number of nitrogens with two attached hydrogens (primary N) is 1. The fraction of sp³-hybridized carbons (Fsp3) is 1.00. The highest BCUT2D eigenvalue weighted by atomic mass is 14.9. The molecule has 0 heterocycles. The van der Waals surface area contributed by atoms with Gasteiger partial charge in [-0.2, -0.15) is 0 Å². The molecule has 0 spiro atoms. The molecular formula is C12H23N. The van der Waals surface area contributed by atoms with E-state index in [9.17, 15) is 0 Å². The second-order valence-electron chi connectivity index (χ2n) is 5.35. The van der Waals surface area contributed by atoms with Crippen LogP contribution in [-0.4, -0.2) is 5.54 Å². The van der Waals surface area contributed by atoms with Gasteiger partial charge in [-0.15, -0.1) is 0 Å². The highest BCUT2D eigenvalue weighted by molar-refractivity contribution is 5.15. The van der Waals surface area contributed by atoms with Crippen LogP contribution in [0.3, 0.4) is 0 Å². The van der Waals surface area contributed by atoms with Crippen LogP contribution in [-0.2, 0) is 0 Å². The summed E-state index contributed by atoms with van der Waals surface area (Å²) < 4.78 is 0. The predicted molar refractivity (Wildman–Crippen MR) is 56.4 cm³/mol. The van der Waals surface area contributed by atoms with Crippen molar-refractivity contribution < 1.29 is 0 Å². The van der Waals surface area contributed by atoms with Gasteiger partial charge in [0, 0.05) is 5.54 Å². The molecule has 0 aliphatic heterocycles. The lowest BCUT2D eigenvalue weighted by Crippen LogP contribution is -2.56. The standard InChI is InChI=1S/C12H23N/c1-4-12(5-2)10-7-6-9(8-10)11(12,3)13/h9-10H,4-8,13H2,1-3H3. The van der Waals surface area contributed by atoms with E-state index in [2.05, 4.69) is 20.8 Å². The van der Waals surface area contributed by atoms with Crippen molar-refractivity contribution in [1.29, 1.82) is 0 Å². The first-order chi connectivity index (χ1) is 6.08. The van der Waals surface area contributed by atoms with Gasteiger partial charge in [-0.25, -0.2) is 0 Å². The molecule has 2 aliphatic carbocycles. The van der Waals surface area contributed by atoms with E-state index in [4.69, 9.17) is 5.73 Å². The Morgan fingerprint density at radius 2 is 1.69 bits per heavy atom. The van der Waals surface area contributed by atoms with E-state index < -0.39 is 0 Å². The average molecular weight is 181 g/mol. The first kappa shape index (κ1) is 9.51. The highest BCUT2D eigenvalue weighted by Crippen LogP contribution is 2.63. The monoisotopic (exact) mass is 181 g/mol. The Hall–Kier alpha value is -0.0400. The third-order valence-electron chi connectivity index (χ3n) is 5.40. The summed E-state index contributed by atoms with van der Waals surface area (Å²) >= 11 is 0. The molecule has 0 amide bonds. The van der Waals surface area contributed by atoms with Crippen LogP contribution in [0.15, 0.2) is 0 Å². The van der Waals surface area contributed by atoms with Crippen molar-refractivity contribution in [2.24, 2.45) is 23.0 Å². The zero-order valence-corrected chi connectivity index (χ0v) is 9.27. The summed E-state index contributed by atoms with van der Waals surface area (Å²) in [6.07, 6.45) is 6.79. The zero-order valence-electron chi connectivity index (χ0n) is 9.27. The van der Waals surface area contributed by atoms with Crippen molar-refractivity contribution in [2.45, 2.75) is 58.4 Å². The molecule has 2 N–H and O–H groups in total. The Labute approximate surface area is 82.1 Å². The summed E-state index contributed by atoms with van der Waals surface area (Å²) in [6.45, 7) is 6.97. The van der Waals surface area contributed by atoms with E-state index in [0.29, 0.717) is 5.41 Å². The van der Waals surface area contributed by atoms with Crippen molar-refractivity contribution in [3.05, 3.63) is 0 Å². The van der Waals surface area contributed by atoms with Gasteiger partial charge in [0.1, 0.15) is 0 Å². The maximum Gasteiger partial charge on any atom is 0.0213 e. The van der Waals surface area contributed by atoms with Crippen LogP contribution in [0.2, 0.25) is 0 Å². The summed E-state index contributed by atoms with van der Waals surface area (Å²) in [4.78, 5) is 0. The normalized spacial score (nSPS) is 47.1. The Balaban J connectivity index is 2.36. The average Bonchev–Trinajstić information content (AvgIpc) is 2.62. The first-order valence-corrected chi connectivity index (χ1v) is 5.87. The number of fused-ring (bicyclic) bond motifs is 2. The molecule has 1 heteroatoms. The summed E-state index contributed by atoms with van der Waals surface area (Å²) in [5.74, 6) is 1.75. The Kier molecular flexibility index (Phi) is 1.99. The lowest BCUT2D eigenvalue weighted by molar-refractivity contribution is 0.0512. The quantitative estimate of drug-likeness (QED) is 0.696. The van der Waals surface area contributed by atoms with Gasteiger partial charge in [-0.1, -0.05) is 13.8 Å². The molecule has 2 aliphatic rings. The molecular weight excluding hydrogens is 158 g/mol. The summed E-state index contributed by atoms with van der Waals surface area (Å²) in [6, 6.07) is 0. The number of hydrogen-bond donors (Lipinski definition) is 1. The Morgan fingerprint density at radius 1 is 1.15 bits per heavy atom. The van der Waals surface area contributed by atoms with E-state index in [1.807, 2.05) is 0 Å². The van der Waals surface area contributed by atoms with Gasteiger partial charge >= 0.3 is 0 Å². The van der Waals surface area contributed by atoms with Gasteiger partial charge in [0.2, 0.25) is 0 Å². The molecule has 2 bridgehead atoms. The Morgan fingerprint density at radius 3 is 2.00 bits per heavy atom. The van der Waals surface area contributed by atoms with Crippen molar-refractivity contribution in [3.8, 4) is 0 Å². The molecule has 0 saturated heterocycles. The topological polar surface area (TPSA) is 26.0 Å². The Bertz CT molecular complexity index is 203. The smallest absolute Gasteiger partial charge is 0.0213 e. The minimum Gasteiger partial charge on any atom is -0.325 e. The van der Waals surface area contributed by atoms with Gasteiger partial charge in [-0.05, 0) is 56.3 Å². The molecule has 2 rings (SSSR count). The number of rotatable bonds is 2. The van der Waals surface area contributed by atoms with Gasteiger partial charge in [0.25, 0.3) is 0 Å². The van der Waals surface area contributed by atoms with Gasteiger partial charge < -0.3 is 5.73 Å². The van der Waals surface area contributed by atoms with Crippen LogP contribution in [0.25, 0.3) is 0 Å². The molecule has 76 valence electrons. The zero-order chi connectivity index (χ0) is 9.69. The highest BCUT2D eigenvalue weighted by Gasteiger charge is 2.61. The second kappa shape index (κ2) is 2.73. The minimum absolute atomic E-state index is 0.124. The lowest BCUT2D eigenvalue weighted by Gasteiger charge is -2.49. The maximum atomic E-state index is 6.56. The fourth-order valence-corrected chi connectivity index (χ4v) is 4.46. The van der Waals surface area contributed by atoms with Crippen LogP contribution in [0, 0.1) is 17.3 Å². The summed E-state index contributed by atoms with van der Waals surface area (Å²) in [7, 11) is 0. The second-order valence-corrected chi connectivity index (χ2v) is 5.35. The van der Waals surface area contributed by atoms with Crippen molar-refractivity contribution >= 4 is 0 Å². The predicted octanol–water partition coefficient (Wildman–Crippen LogP) is 2.94. The first-order valence-electron chi connectivity index (χ1n) is 5.87. The van der Waals surface area contributed by atoms with E-state index in [0.717, 1.165) is 11.8 Å². The van der Waals surface area contributed by atoms with E-state index in [-0.39, 0.29) is 5.54 Å². The molecule has 2 saturated carbocycles. The van der Waals surface area contributed by atoms with Gasteiger partial charge in [0.15, 0.2) is 0 Å². The third kappa shape index (κ3) is 0.918. The molecule has 0 aromatic rings. The molecule has 3 atom stereocenters. The summed E-state index contributed by atoms with van der Waals surface area (Å²) in [5, 5.41) is 0. The molecule has 0 radical (unpaired) electrons. The van der Waals surface area contributed by atoms with Crippen molar-refractivity contribution in [1.82, 2.24) is 0 Å². The molecule has 13 heavy (non-hydrogen) atoms. The molecule has 0 aromatic heterocycles. The van der Waals surface area contributed by atoms with E-state index >= 15 is 0 Å². The number of hydrogen-bond acceptors (Lipinski definition) is 1. The largest absolute Gasteiger partial charge is 0.325 e. The molecule has 1 nitrogen and oxygen atoms in total. The van der Waals surface area contributed by atoms with Crippen LogP contribution < -0.4 is 5.73 Å². The molecule has 0 aromatic carbocycles. The van der Waals surface area contributed by atoms with Crippen LogP contribution in [0.1, 0.15) is 52.9 Å².